The van der Waals surface area contributed by atoms with Crippen LogP contribution in [0.3, 0.4) is 0 Å². The van der Waals surface area contributed by atoms with Crippen molar-refractivity contribution in [2.45, 2.75) is 36.6 Å². The van der Waals surface area contributed by atoms with Gasteiger partial charge in [-0.2, -0.15) is 0 Å². The SMILES string of the molecule is CN(C)C(=O)c1ccc(CSc2nc3sc4c(c3c(=O)n2C)CCCC4)cc1. The van der Waals surface area contributed by atoms with Crippen molar-refractivity contribution in [3.05, 3.63) is 56.2 Å². The van der Waals surface area contributed by atoms with Gasteiger partial charge < -0.3 is 4.90 Å². The smallest absolute Gasteiger partial charge is 0.262 e. The Bertz CT molecular complexity index is 1100. The Hall–Kier alpha value is -2.12. The summed E-state index contributed by atoms with van der Waals surface area (Å²) in [4.78, 5) is 33.5. The minimum Gasteiger partial charge on any atom is -0.345 e. The molecule has 1 aliphatic rings. The van der Waals surface area contributed by atoms with E-state index in [-0.39, 0.29) is 11.5 Å². The van der Waals surface area contributed by atoms with Crippen molar-refractivity contribution in [3.63, 3.8) is 0 Å². The van der Waals surface area contributed by atoms with Crippen LogP contribution in [0.1, 0.15) is 39.2 Å². The molecular formula is C21H23N3O2S2. The van der Waals surface area contributed by atoms with Gasteiger partial charge in [-0.05, 0) is 48.9 Å². The lowest BCUT2D eigenvalue weighted by atomic mass is 9.97. The van der Waals surface area contributed by atoms with Crippen LogP contribution in [0, 0.1) is 0 Å². The van der Waals surface area contributed by atoms with Crippen LogP contribution in [0.25, 0.3) is 10.2 Å². The number of nitrogens with zero attached hydrogens (tertiary/aromatic N) is 3. The molecule has 0 N–H and O–H groups in total. The molecule has 0 spiro atoms. The van der Waals surface area contributed by atoms with Crippen LogP contribution in [0.5, 0.6) is 0 Å². The zero-order valence-electron chi connectivity index (χ0n) is 16.3. The van der Waals surface area contributed by atoms with Gasteiger partial charge in [0.15, 0.2) is 5.16 Å². The number of hydrogen-bond acceptors (Lipinski definition) is 5. The summed E-state index contributed by atoms with van der Waals surface area (Å²) >= 11 is 3.25. The Kier molecular flexibility index (Phi) is 5.29. The molecule has 2 heterocycles. The first-order valence-electron chi connectivity index (χ1n) is 9.40. The summed E-state index contributed by atoms with van der Waals surface area (Å²) in [6.45, 7) is 0. The number of rotatable bonds is 4. The van der Waals surface area contributed by atoms with Gasteiger partial charge in [-0.1, -0.05) is 23.9 Å². The Morgan fingerprint density at radius 2 is 1.93 bits per heavy atom. The van der Waals surface area contributed by atoms with E-state index in [1.807, 2.05) is 31.3 Å². The van der Waals surface area contributed by atoms with Gasteiger partial charge in [0.05, 0.1) is 5.39 Å². The Morgan fingerprint density at radius 3 is 2.64 bits per heavy atom. The molecule has 0 saturated heterocycles. The van der Waals surface area contributed by atoms with Crippen molar-refractivity contribution in [2.24, 2.45) is 7.05 Å². The topological polar surface area (TPSA) is 55.2 Å². The highest BCUT2D eigenvalue weighted by Gasteiger charge is 2.21. The van der Waals surface area contributed by atoms with Gasteiger partial charge in [-0.3, -0.25) is 14.2 Å². The molecule has 1 aliphatic carbocycles. The van der Waals surface area contributed by atoms with E-state index in [9.17, 15) is 9.59 Å². The fourth-order valence-electron chi connectivity index (χ4n) is 3.55. The summed E-state index contributed by atoms with van der Waals surface area (Å²) in [5, 5.41) is 1.57. The molecule has 0 unspecified atom stereocenters. The highest BCUT2D eigenvalue weighted by Crippen LogP contribution is 2.34. The van der Waals surface area contributed by atoms with Crippen molar-refractivity contribution >= 4 is 39.2 Å². The number of benzene rings is 1. The Labute approximate surface area is 172 Å². The summed E-state index contributed by atoms with van der Waals surface area (Å²) in [6, 6.07) is 7.62. The first-order valence-corrected chi connectivity index (χ1v) is 11.2. The first-order chi connectivity index (χ1) is 13.5. The molecule has 0 atom stereocenters. The number of aromatic nitrogens is 2. The minimum atomic E-state index is -0.00428. The van der Waals surface area contributed by atoms with Crippen molar-refractivity contribution in [1.29, 1.82) is 0 Å². The number of fused-ring (bicyclic) bond motifs is 3. The van der Waals surface area contributed by atoms with Gasteiger partial charge in [-0.15, -0.1) is 11.3 Å². The second kappa shape index (κ2) is 7.72. The first kappa shape index (κ1) is 19.2. The molecule has 1 aromatic carbocycles. The highest BCUT2D eigenvalue weighted by molar-refractivity contribution is 7.98. The average molecular weight is 414 g/mol. The normalized spacial score (nSPS) is 13.5. The van der Waals surface area contributed by atoms with Gasteiger partial charge in [0.2, 0.25) is 0 Å². The second-order valence-electron chi connectivity index (χ2n) is 7.33. The van der Waals surface area contributed by atoms with Crippen LogP contribution in [-0.2, 0) is 25.6 Å². The number of thiophene rings is 1. The lowest BCUT2D eigenvalue weighted by Crippen LogP contribution is -2.21. The number of thioether (sulfide) groups is 1. The molecule has 0 bridgehead atoms. The maximum Gasteiger partial charge on any atom is 0.262 e. The van der Waals surface area contributed by atoms with Crippen molar-refractivity contribution < 1.29 is 4.79 Å². The van der Waals surface area contributed by atoms with Crippen LogP contribution in [-0.4, -0.2) is 34.5 Å². The lowest BCUT2D eigenvalue weighted by molar-refractivity contribution is 0.0827. The van der Waals surface area contributed by atoms with E-state index in [1.165, 1.54) is 16.9 Å². The van der Waals surface area contributed by atoms with Gasteiger partial charge in [0.1, 0.15) is 4.83 Å². The largest absolute Gasteiger partial charge is 0.345 e. The third-order valence-corrected chi connectivity index (χ3v) is 7.42. The molecule has 0 aliphatic heterocycles. The molecule has 3 aromatic rings. The maximum absolute atomic E-state index is 13.0. The van der Waals surface area contributed by atoms with Gasteiger partial charge in [0, 0.05) is 37.3 Å². The quantitative estimate of drug-likeness (QED) is 0.481. The van der Waals surface area contributed by atoms with Gasteiger partial charge in [-0.25, -0.2) is 4.98 Å². The maximum atomic E-state index is 13.0. The Balaban J connectivity index is 1.58. The van der Waals surface area contributed by atoms with Crippen LogP contribution >= 0.6 is 23.1 Å². The molecule has 1 amide bonds. The summed E-state index contributed by atoms with van der Waals surface area (Å²) in [6.07, 6.45) is 4.43. The number of carbonyl (C=O) groups excluding carboxylic acids is 1. The molecule has 5 nitrogen and oxygen atoms in total. The fraction of sp³-hybridized carbons (Fsp3) is 0.381. The fourth-order valence-corrected chi connectivity index (χ4v) is 5.78. The van der Waals surface area contributed by atoms with Crippen LogP contribution < -0.4 is 5.56 Å². The molecule has 0 saturated carbocycles. The zero-order valence-corrected chi connectivity index (χ0v) is 18.0. The molecule has 7 heteroatoms. The summed E-state index contributed by atoms with van der Waals surface area (Å²) in [7, 11) is 5.30. The standard InChI is InChI=1S/C21H23N3O2S2/c1-23(2)19(25)14-10-8-13(9-11-14)12-27-21-22-18-17(20(26)24(21)3)15-6-4-5-7-16(15)28-18/h8-11H,4-7,12H2,1-3H3. The van der Waals surface area contributed by atoms with E-state index < -0.39 is 0 Å². The molecule has 0 radical (unpaired) electrons. The summed E-state index contributed by atoms with van der Waals surface area (Å²) in [5.74, 6) is 0.697. The molecule has 28 heavy (non-hydrogen) atoms. The van der Waals surface area contributed by atoms with E-state index in [4.69, 9.17) is 4.98 Å². The van der Waals surface area contributed by atoms with Crippen molar-refractivity contribution in [3.8, 4) is 0 Å². The summed E-state index contributed by atoms with van der Waals surface area (Å²) < 4.78 is 1.68. The van der Waals surface area contributed by atoms with Crippen LogP contribution in [0.4, 0.5) is 0 Å². The van der Waals surface area contributed by atoms with Gasteiger partial charge >= 0.3 is 0 Å². The molecular weight excluding hydrogens is 390 g/mol. The van der Waals surface area contributed by atoms with E-state index in [2.05, 4.69) is 0 Å². The molecule has 2 aromatic heterocycles. The third-order valence-electron chi connectivity index (χ3n) is 5.13. The number of hydrogen-bond donors (Lipinski definition) is 0. The number of amides is 1. The summed E-state index contributed by atoms with van der Waals surface area (Å²) in [5.41, 5.74) is 3.07. The van der Waals surface area contributed by atoms with E-state index in [1.54, 1.807) is 46.7 Å². The van der Waals surface area contributed by atoms with Crippen LogP contribution in [0.2, 0.25) is 0 Å². The predicted octanol–water partition coefficient (Wildman–Crippen LogP) is 3.87. The zero-order chi connectivity index (χ0) is 19.8. The second-order valence-corrected chi connectivity index (χ2v) is 9.36. The minimum absolute atomic E-state index is 0.00428. The Morgan fingerprint density at radius 1 is 1.21 bits per heavy atom. The monoisotopic (exact) mass is 413 g/mol. The lowest BCUT2D eigenvalue weighted by Gasteiger charge is -2.11. The van der Waals surface area contributed by atoms with E-state index in [0.717, 1.165) is 40.2 Å². The van der Waals surface area contributed by atoms with E-state index >= 15 is 0 Å². The number of carbonyl (C=O) groups is 1. The highest BCUT2D eigenvalue weighted by atomic mass is 32.2. The van der Waals surface area contributed by atoms with Crippen molar-refractivity contribution in [1.82, 2.24) is 14.5 Å². The number of aryl methyl sites for hydroxylation is 2. The van der Waals surface area contributed by atoms with Gasteiger partial charge in [0.25, 0.3) is 11.5 Å². The predicted molar refractivity (Wildman–Crippen MR) is 116 cm³/mol. The average Bonchev–Trinajstić information content (AvgIpc) is 3.07. The third kappa shape index (κ3) is 3.49. The van der Waals surface area contributed by atoms with Crippen LogP contribution in [0.15, 0.2) is 34.2 Å². The molecule has 4 rings (SSSR count). The molecule has 0 fully saturated rings. The van der Waals surface area contributed by atoms with Crippen molar-refractivity contribution in [2.75, 3.05) is 14.1 Å². The van der Waals surface area contributed by atoms with E-state index in [0.29, 0.717) is 11.3 Å². The molecule has 146 valence electrons.